The summed E-state index contributed by atoms with van der Waals surface area (Å²) in [7, 11) is -1.82. The third-order valence-corrected chi connectivity index (χ3v) is 10.2. The number of hydrogen-bond donors (Lipinski definition) is 3. The lowest BCUT2D eigenvalue weighted by Crippen LogP contribution is -2.54. The lowest BCUT2D eigenvalue weighted by Gasteiger charge is -2.43. The molecule has 0 bridgehead atoms. The second-order valence-corrected chi connectivity index (χ2v) is 12.2. The van der Waals surface area contributed by atoms with Crippen LogP contribution in [-0.4, -0.2) is 93.5 Å². The molecule has 0 spiro atoms. The van der Waals surface area contributed by atoms with Crippen molar-refractivity contribution in [2.75, 3.05) is 32.8 Å². The normalized spacial score (nSPS) is 23.3. The van der Waals surface area contributed by atoms with E-state index < -0.39 is 31.1 Å². The highest BCUT2D eigenvalue weighted by Crippen LogP contribution is 2.35. The number of carbonyl (C=O) groups excluding carboxylic acids is 1. The van der Waals surface area contributed by atoms with Gasteiger partial charge in [0, 0.05) is 35.1 Å². The third kappa shape index (κ3) is 8.49. The molecule has 1 aromatic carbocycles. The number of nitriles is 1. The number of ether oxygens (including phenoxy) is 1. The highest BCUT2D eigenvalue weighted by molar-refractivity contribution is 14.1. The largest absolute Gasteiger partial charge is 0.475 e. The topological polar surface area (TPSA) is 109 Å². The summed E-state index contributed by atoms with van der Waals surface area (Å²) < 4.78 is 32.5. The number of hydrogen-bond acceptors (Lipinski definition) is 7. The standard InChI is InChI=1S/C26H38BF2IN4O4/c1-26(2,34-12-10-21(29)16-34)24(30)19(14-31)15-33-11-4-3-5-22(33)17-38-25(35)32-23(27(36)37)13-18-6-8-20(28)9-7-18/h6-9,19,21-24,36-37H,3-5,10-13,15-17H2,1-2H3,(H,32,35)/t19?,21-,22-,23+,24?/m1/s1. The Hall–Kier alpha value is -1.53. The number of carbonyl (C=O) groups is 1. The molecule has 0 aromatic heterocycles. The molecule has 0 radical (unpaired) electrons. The average molecular weight is 646 g/mol. The molecule has 38 heavy (non-hydrogen) atoms. The molecule has 2 aliphatic rings. The first-order chi connectivity index (χ1) is 18.0. The van der Waals surface area contributed by atoms with Crippen molar-refractivity contribution in [3.63, 3.8) is 0 Å². The summed E-state index contributed by atoms with van der Waals surface area (Å²) in [4.78, 5) is 16.9. The molecule has 12 heteroatoms. The van der Waals surface area contributed by atoms with Gasteiger partial charge in [-0.1, -0.05) is 41.1 Å². The number of piperidine rings is 1. The highest BCUT2D eigenvalue weighted by atomic mass is 127. The zero-order valence-corrected chi connectivity index (χ0v) is 24.2. The number of halogens is 3. The van der Waals surface area contributed by atoms with Crippen molar-refractivity contribution < 1.29 is 28.4 Å². The fraction of sp³-hybridized carbons (Fsp3) is 0.692. The SMILES string of the molecule is CC(C)(C(I)C(C#N)CN1CCCC[C@@H]1COC(=O)N[C@@H](Cc1ccc(F)cc1)B(O)O)N1CC[C@@H](F)C1. The van der Waals surface area contributed by atoms with Crippen LogP contribution in [0.4, 0.5) is 13.6 Å². The molecule has 3 rings (SSSR count). The molecule has 2 fully saturated rings. The van der Waals surface area contributed by atoms with Gasteiger partial charge in [-0.25, -0.2) is 13.6 Å². The van der Waals surface area contributed by atoms with E-state index in [2.05, 4.69) is 57.6 Å². The molecule has 2 heterocycles. The first-order valence-electron chi connectivity index (χ1n) is 13.2. The minimum Gasteiger partial charge on any atom is -0.448 e. The minimum atomic E-state index is -1.82. The first-order valence-corrected chi connectivity index (χ1v) is 14.5. The summed E-state index contributed by atoms with van der Waals surface area (Å²) in [5.74, 6) is -1.71. The molecule has 210 valence electrons. The van der Waals surface area contributed by atoms with Gasteiger partial charge in [-0.3, -0.25) is 9.80 Å². The van der Waals surface area contributed by atoms with Gasteiger partial charge in [-0.05, 0) is 63.8 Å². The van der Waals surface area contributed by atoms with Gasteiger partial charge in [-0.2, -0.15) is 5.26 Å². The molecule has 8 nitrogen and oxygen atoms in total. The number of alkyl halides is 2. The van der Waals surface area contributed by atoms with Crippen LogP contribution in [0.15, 0.2) is 24.3 Å². The Labute approximate surface area is 238 Å². The van der Waals surface area contributed by atoms with Crippen molar-refractivity contribution in [3.8, 4) is 6.07 Å². The van der Waals surface area contributed by atoms with Crippen molar-refractivity contribution in [1.29, 1.82) is 5.26 Å². The fourth-order valence-corrected chi connectivity index (χ4v) is 6.10. The predicted molar refractivity (Wildman–Crippen MR) is 150 cm³/mol. The Balaban J connectivity index is 1.55. The highest BCUT2D eigenvalue weighted by Gasteiger charge is 2.42. The van der Waals surface area contributed by atoms with Gasteiger partial charge in [0.2, 0.25) is 0 Å². The maximum Gasteiger partial charge on any atom is 0.475 e. The number of rotatable bonds is 11. The molecule has 3 N–H and O–H groups in total. The minimum absolute atomic E-state index is 0.0274. The smallest absolute Gasteiger partial charge is 0.448 e. The van der Waals surface area contributed by atoms with Gasteiger partial charge in [0.25, 0.3) is 0 Å². The van der Waals surface area contributed by atoms with Crippen LogP contribution in [0.2, 0.25) is 0 Å². The monoisotopic (exact) mass is 646 g/mol. The summed E-state index contributed by atoms with van der Waals surface area (Å²) >= 11 is 2.33. The number of benzene rings is 1. The molecule has 5 atom stereocenters. The van der Waals surface area contributed by atoms with Crippen molar-refractivity contribution in [3.05, 3.63) is 35.6 Å². The number of alkyl carbamates (subject to hydrolysis) is 1. The van der Waals surface area contributed by atoms with Crippen LogP contribution in [0.1, 0.15) is 45.1 Å². The van der Waals surface area contributed by atoms with Gasteiger partial charge in [-0.15, -0.1) is 0 Å². The molecule has 2 aliphatic heterocycles. The van der Waals surface area contributed by atoms with E-state index in [9.17, 15) is 28.9 Å². The summed E-state index contributed by atoms with van der Waals surface area (Å²) in [6.45, 7) is 6.66. The second kappa shape index (κ2) is 14.2. The Morgan fingerprint density at radius 2 is 2.00 bits per heavy atom. The van der Waals surface area contributed by atoms with Gasteiger partial charge < -0.3 is 20.1 Å². The van der Waals surface area contributed by atoms with Crippen molar-refractivity contribution in [1.82, 2.24) is 15.1 Å². The number of amides is 1. The van der Waals surface area contributed by atoms with Crippen molar-refractivity contribution in [2.45, 2.75) is 73.6 Å². The Kier molecular flexibility index (Phi) is 11.6. The Bertz CT molecular complexity index is 952. The molecule has 1 aromatic rings. The molecule has 2 saturated heterocycles. The summed E-state index contributed by atoms with van der Waals surface area (Å²) in [6.07, 6.45) is 1.82. The number of nitrogens with one attached hydrogen (secondary N) is 1. The first kappa shape index (κ1) is 31.0. The lowest BCUT2D eigenvalue weighted by atomic mass is 9.76. The van der Waals surface area contributed by atoms with E-state index in [0.29, 0.717) is 31.6 Å². The van der Waals surface area contributed by atoms with Crippen LogP contribution < -0.4 is 5.32 Å². The zero-order chi connectivity index (χ0) is 27.9. The fourth-order valence-electron chi connectivity index (χ4n) is 5.32. The molecule has 0 aliphatic carbocycles. The van der Waals surface area contributed by atoms with E-state index in [1.54, 1.807) is 0 Å². The van der Waals surface area contributed by atoms with Gasteiger partial charge in [0.05, 0.1) is 17.9 Å². The maximum atomic E-state index is 13.9. The van der Waals surface area contributed by atoms with Crippen LogP contribution in [-0.2, 0) is 11.2 Å². The van der Waals surface area contributed by atoms with E-state index in [0.717, 1.165) is 25.8 Å². The van der Waals surface area contributed by atoms with Gasteiger partial charge in [0.1, 0.15) is 18.6 Å². The molecular weight excluding hydrogens is 608 g/mol. The molecule has 0 saturated carbocycles. The number of likely N-dealkylation sites (tertiary alicyclic amines) is 2. The van der Waals surface area contributed by atoms with Gasteiger partial charge in [0.15, 0.2) is 0 Å². The van der Waals surface area contributed by atoms with Crippen LogP contribution >= 0.6 is 22.6 Å². The third-order valence-electron chi connectivity index (χ3n) is 7.76. The quantitative estimate of drug-likeness (QED) is 0.193. The van der Waals surface area contributed by atoms with E-state index in [-0.39, 0.29) is 34.5 Å². The Morgan fingerprint density at radius 1 is 1.29 bits per heavy atom. The van der Waals surface area contributed by atoms with E-state index >= 15 is 0 Å². The maximum absolute atomic E-state index is 13.9. The van der Waals surface area contributed by atoms with Crippen LogP contribution in [0.5, 0.6) is 0 Å². The lowest BCUT2D eigenvalue weighted by molar-refractivity contribution is 0.0560. The van der Waals surface area contributed by atoms with Crippen LogP contribution in [0, 0.1) is 23.1 Å². The van der Waals surface area contributed by atoms with E-state index in [1.165, 1.54) is 24.3 Å². The molecular formula is C26H38BF2IN4O4. The summed E-state index contributed by atoms with van der Waals surface area (Å²) in [5.41, 5.74) is 0.298. The molecule has 1 amide bonds. The van der Waals surface area contributed by atoms with Crippen molar-refractivity contribution >= 4 is 35.8 Å². The van der Waals surface area contributed by atoms with Crippen LogP contribution in [0.25, 0.3) is 0 Å². The van der Waals surface area contributed by atoms with Crippen molar-refractivity contribution in [2.24, 2.45) is 5.92 Å². The van der Waals surface area contributed by atoms with Crippen LogP contribution in [0.3, 0.4) is 0 Å². The predicted octanol–water partition coefficient (Wildman–Crippen LogP) is 3.10. The summed E-state index contributed by atoms with van der Waals surface area (Å²) in [6, 6.07) is 7.98. The number of nitrogens with zero attached hydrogens (tertiary/aromatic N) is 3. The summed E-state index contributed by atoms with van der Waals surface area (Å²) in [5, 5.41) is 32.0. The second-order valence-electron chi connectivity index (χ2n) is 10.9. The molecule has 2 unspecified atom stereocenters. The van der Waals surface area contributed by atoms with E-state index in [1.807, 2.05) is 0 Å². The zero-order valence-electron chi connectivity index (χ0n) is 22.0. The average Bonchev–Trinajstić information content (AvgIpc) is 3.34. The van der Waals surface area contributed by atoms with E-state index in [4.69, 9.17) is 4.74 Å². The van der Waals surface area contributed by atoms with Gasteiger partial charge >= 0.3 is 13.2 Å². The Morgan fingerprint density at radius 3 is 2.61 bits per heavy atom.